The van der Waals surface area contributed by atoms with E-state index in [1.54, 1.807) is 22.6 Å². The maximum absolute atomic E-state index is 14.0. The summed E-state index contributed by atoms with van der Waals surface area (Å²) in [4.78, 5) is 27.3. The summed E-state index contributed by atoms with van der Waals surface area (Å²) < 4.78 is 28.0. The van der Waals surface area contributed by atoms with Crippen LogP contribution < -0.4 is 5.56 Å². The van der Waals surface area contributed by atoms with E-state index in [1.807, 2.05) is 0 Å². The van der Waals surface area contributed by atoms with Crippen LogP contribution in [0.3, 0.4) is 0 Å². The Hall–Kier alpha value is -1.91. The van der Waals surface area contributed by atoms with Crippen LogP contribution in [0.25, 0.3) is 11.4 Å². The fourth-order valence-electron chi connectivity index (χ4n) is 1.59. The molecular weight excluding hydrogens is 387 g/mol. The van der Waals surface area contributed by atoms with Gasteiger partial charge in [0.05, 0.1) is 19.8 Å². The Kier molecular flexibility index (Phi) is 3.79. The standard InChI is InChI=1S/C11H6F2IN3O3/c1-4-9(14)11(18)16-10(15-4)7-5(12)2-3-6(8(7)13)17(19)20/h2-3H,1H3,(H,15,16,18). The Balaban J connectivity index is 2.79. The molecule has 0 aliphatic heterocycles. The Labute approximate surface area is 124 Å². The number of aromatic nitrogens is 2. The number of aromatic amines is 1. The third-order valence-electron chi connectivity index (χ3n) is 2.53. The number of nitro benzene ring substituents is 1. The van der Waals surface area contributed by atoms with Crippen LogP contribution >= 0.6 is 22.6 Å². The van der Waals surface area contributed by atoms with E-state index in [-0.39, 0.29) is 15.1 Å². The molecule has 20 heavy (non-hydrogen) atoms. The molecular formula is C11H6F2IN3O3. The molecule has 1 N–H and O–H groups in total. The van der Waals surface area contributed by atoms with E-state index in [0.29, 0.717) is 6.07 Å². The third kappa shape index (κ3) is 2.40. The van der Waals surface area contributed by atoms with E-state index in [2.05, 4.69) is 9.97 Å². The molecule has 104 valence electrons. The molecule has 0 unspecified atom stereocenters. The molecule has 9 heteroatoms. The molecule has 2 aromatic rings. The molecule has 0 spiro atoms. The summed E-state index contributed by atoms with van der Waals surface area (Å²) in [5.74, 6) is -2.80. The molecule has 1 aromatic carbocycles. The van der Waals surface area contributed by atoms with E-state index in [4.69, 9.17) is 0 Å². The van der Waals surface area contributed by atoms with E-state index in [0.717, 1.165) is 6.07 Å². The van der Waals surface area contributed by atoms with Crippen molar-refractivity contribution < 1.29 is 13.7 Å². The average molecular weight is 393 g/mol. The minimum Gasteiger partial charge on any atom is -0.305 e. The lowest BCUT2D eigenvalue weighted by Gasteiger charge is -2.06. The van der Waals surface area contributed by atoms with E-state index in [9.17, 15) is 23.7 Å². The molecule has 6 nitrogen and oxygen atoms in total. The summed E-state index contributed by atoms with van der Waals surface area (Å²) in [7, 11) is 0. The van der Waals surface area contributed by atoms with Gasteiger partial charge in [0.1, 0.15) is 11.6 Å². The van der Waals surface area contributed by atoms with Gasteiger partial charge in [-0.1, -0.05) is 0 Å². The van der Waals surface area contributed by atoms with Gasteiger partial charge >= 0.3 is 5.69 Å². The van der Waals surface area contributed by atoms with Crippen molar-refractivity contribution in [2.24, 2.45) is 0 Å². The van der Waals surface area contributed by atoms with Gasteiger partial charge in [-0.15, -0.1) is 0 Å². The molecule has 0 fully saturated rings. The predicted molar refractivity (Wildman–Crippen MR) is 74.3 cm³/mol. The second kappa shape index (κ2) is 5.23. The van der Waals surface area contributed by atoms with Gasteiger partial charge in [-0.25, -0.2) is 9.37 Å². The Morgan fingerprint density at radius 3 is 2.60 bits per heavy atom. The van der Waals surface area contributed by atoms with Crippen molar-refractivity contribution in [3.05, 3.63) is 53.5 Å². The number of nitrogens with zero attached hydrogens (tertiary/aromatic N) is 2. The number of benzene rings is 1. The zero-order chi connectivity index (χ0) is 15.0. The Morgan fingerprint density at radius 2 is 2.05 bits per heavy atom. The van der Waals surface area contributed by atoms with Crippen LogP contribution in [0.5, 0.6) is 0 Å². The molecule has 0 saturated carbocycles. The zero-order valence-corrected chi connectivity index (χ0v) is 12.1. The SMILES string of the molecule is Cc1nc(-c2c(F)ccc([N+](=O)[O-])c2F)[nH]c(=O)c1I. The van der Waals surface area contributed by atoms with Gasteiger partial charge in [0.25, 0.3) is 5.56 Å². The van der Waals surface area contributed by atoms with Crippen molar-refractivity contribution in [3.63, 3.8) is 0 Å². The Morgan fingerprint density at radius 1 is 1.40 bits per heavy atom. The average Bonchev–Trinajstić information content (AvgIpc) is 2.35. The maximum atomic E-state index is 14.0. The van der Waals surface area contributed by atoms with Crippen LogP contribution in [0.2, 0.25) is 0 Å². The lowest BCUT2D eigenvalue weighted by molar-refractivity contribution is -0.387. The van der Waals surface area contributed by atoms with Crippen LogP contribution in [0.1, 0.15) is 5.69 Å². The lowest BCUT2D eigenvalue weighted by atomic mass is 10.1. The Bertz CT molecular complexity index is 776. The van der Waals surface area contributed by atoms with Gasteiger partial charge in [-0.3, -0.25) is 14.9 Å². The van der Waals surface area contributed by atoms with Crippen LogP contribution in [-0.2, 0) is 0 Å². The minimum absolute atomic E-state index is 0.273. The smallest absolute Gasteiger partial charge is 0.305 e. The summed E-state index contributed by atoms with van der Waals surface area (Å²) >= 11 is 1.74. The lowest BCUT2D eigenvalue weighted by Crippen LogP contribution is -2.15. The summed E-state index contributed by atoms with van der Waals surface area (Å²) in [6, 6.07) is 1.47. The van der Waals surface area contributed by atoms with Crippen molar-refractivity contribution >= 4 is 28.3 Å². The van der Waals surface area contributed by atoms with Gasteiger partial charge in [0, 0.05) is 6.07 Å². The molecule has 0 aliphatic rings. The van der Waals surface area contributed by atoms with Gasteiger partial charge in [-0.2, -0.15) is 4.39 Å². The van der Waals surface area contributed by atoms with E-state index < -0.39 is 33.4 Å². The number of hydrogen-bond acceptors (Lipinski definition) is 4. The van der Waals surface area contributed by atoms with Crippen molar-refractivity contribution in [1.82, 2.24) is 9.97 Å². The highest BCUT2D eigenvalue weighted by Gasteiger charge is 2.24. The van der Waals surface area contributed by atoms with Crippen LogP contribution in [0, 0.1) is 32.2 Å². The number of nitrogens with one attached hydrogen (secondary N) is 1. The zero-order valence-electron chi connectivity index (χ0n) is 9.91. The van der Waals surface area contributed by atoms with Gasteiger partial charge in [-0.05, 0) is 35.6 Å². The first-order chi connectivity index (χ1) is 9.32. The van der Waals surface area contributed by atoms with Crippen LogP contribution in [0.15, 0.2) is 16.9 Å². The second-order valence-electron chi connectivity index (χ2n) is 3.83. The summed E-state index contributed by atoms with van der Waals surface area (Å²) in [6.45, 7) is 1.49. The minimum atomic E-state index is -1.38. The van der Waals surface area contributed by atoms with E-state index >= 15 is 0 Å². The summed E-state index contributed by atoms with van der Waals surface area (Å²) in [6.07, 6.45) is 0. The molecule has 0 atom stereocenters. The monoisotopic (exact) mass is 393 g/mol. The summed E-state index contributed by atoms with van der Waals surface area (Å²) in [5.41, 5.74) is -1.91. The van der Waals surface area contributed by atoms with Crippen molar-refractivity contribution in [2.75, 3.05) is 0 Å². The molecule has 1 heterocycles. The van der Waals surface area contributed by atoms with Crippen LogP contribution in [0.4, 0.5) is 14.5 Å². The van der Waals surface area contributed by atoms with Crippen molar-refractivity contribution in [1.29, 1.82) is 0 Å². The van der Waals surface area contributed by atoms with Crippen molar-refractivity contribution in [3.8, 4) is 11.4 Å². The molecule has 0 amide bonds. The van der Waals surface area contributed by atoms with Gasteiger partial charge in [0.2, 0.25) is 5.82 Å². The molecule has 0 radical (unpaired) electrons. The number of aryl methyl sites for hydroxylation is 1. The van der Waals surface area contributed by atoms with E-state index in [1.165, 1.54) is 6.92 Å². The maximum Gasteiger partial charge on any atom is 0.305 e. The molecule has 1 aromatic heterocycles. The number of H-pyrrole nitrogens is 1. The normalized spacial score (nSPS) is 10.6. The fraction of sp³-hybridized carbons (Fsp3) is 0.0909. The van der Waals surface area contributed by atoms with Crippen molar-refractivity contribution in [2.45, 2.75) is 6.92 Å². The first kappa shape index (κ1) is 14.5. The quantitative estimate of drug-likeness (QED) is 0.483. The predicted octanol–water partition coefficient (Wildman–Crippen LogP) is 2.54. The number of hydrogen-bond donors (Lipinski definition) is 1. The fourth-order valence-corrected chi connectivity index (χ4v) is 1.84. The molecule has 0 aliphatic carbocycles. The topological polar surface area (TPSA) is 88.9 Å². The summed E-state index contributed by atoms with van der Waals surface area (Å²) in [5, 5.41) is 10.7. The number of halogens is 3. The number of rotatable bonds is 2. The third-order valence-corrected chi connectivity index (χ3v) is 3.80. The van der Waals surface area contributed by atoms with Crippen LogP contribution in [-0.4, -0.2) is 14.9 Å². The highest BCUT2D eigenvalue weighted by atomic mass is 127. The molecule has 2 rings (SSSR count). The molecule has 0 saturated heterocycles. The molecule has 0 bridgehead atoms. The number of nitro groups is 1. The first-order valence-electron chi connectivity index (χ1n) is 5.22. The second-order valence-corrected chi connectivity index (χ2v) is 4.91. The highest BCUT2D eigenvalue weighted by molar-refractivity contribution is 14.1. The van der Waals surface area contributed by atoms with Gasteiger partial charge in [0.15, 0.2) is 0 Å². The first-order valence-corrected chi connectivity index (χ1v) is 6.30. The highest BCUT2D eigenvalue weighted by Crippen LogP contribution is 2.29. The largest absolute Gasteiger partial charge is 0.305 e. The van der Waals surface area contributed by atoms with Gasteiger partial charge < -0.3 is 4.98 Å².